The van der Waals surface area contributed by atoms with Gasteiger partial charge in [0.15, 0.2) is 0 Å². The number of rotatable bonds is 3. The average molecular weight is 225 g/mol. The van der Waals surface area contributed by atoms with E-state index in [1.54, 1.807) is 0 Å². The van der Waals surface area contributed by atoms with E-state index in [1.165, 1.54) is 6.07 Å². The Morgan fingerprint density at radius 2 is 2.12 bits per heavy atom. The SMILES string of the molecule is COC(=O)c1ccc(B(O)O)c([N+](=O)[O-])c1. The number of esters is 1. The van der Waals surface area contributed by atoms with Crippen molar-refractivity contribution in [3.63, 3.8) is 0 Å². The highest BCUT2D eigenvalue weighted by Crippen LogP contribution is 2.12. The first kappa shape index (κ1) is 12.1. The van der Waals surface area contributed by atoms with Gasteiger partial charge in [0.1, 0.15) is 0 Å². The van der Waals surface area contributed by atoms with E-state index >= 15 is 0 Å². The number of ether oxygens (including phenoxy) is 1. The van der Waals surface area contributed by atoms with Crippen LogP contribution in [0.1, 0.15) is 10.4 Å². The second kappa shape index (κ2) is 4.73. The molecular weight excluding hydrogens is 217 g/mol. The van der Waals surface area contributed by atoms with E-state index in [4.69, 9.17) is 10.0 Å². The highest BCUT2D eigenvalue weighted by Gasteiger charge is 2.25. The van der Waals surface area contributed by atoms with Crippen LogP contribution in [0.15, 0.2) is 18.2 Å². The Bertz CT molecular complexity index is 433. The molecule has 1 aromatic carbocycles. The van der Waals surface area contributed by atoms with Gasteiger partial charge in [-0.15, -0.1) is 0 Å². The molecular formula is C8H8BNO6. The molecule has 0 bridgehead atoms. The van der Waals surface area contributed by atoms with Gasteiger partial charge in [0.05, 0.1) is 23.1 Å². The Labute approximate surface area is 90.6 Å². The predicted molar refractivity (Wildman–Crippen MR) is 54.3 cm³/mol. The molecule has 1 aromatic rings. The largest absolute Gasteiger partial charge is 0.495 e. The molecule has 0 amide bonds. The second-order valence-corrected chi connectivity index (χ2v) is 2.90. The van der Waals surface area contributed by atoms with Crippen LogP contribution in [0.25, 0.3) is 0 Å². The maximum atomic E-state index is 11.1. The van der Waals surface area contributed by atoms with Crippen molar-refractivity contribution in [2.24, 2.45) is 0 Å². The van der Waals surface area contributed by atoms with Gasteiger partial charge in [-0.25, -0.2) is 4.79 Å². The molecule has 0 unspecified atom stereocenters. The number of nitro groups is 1. The highest BCUT2D eigenvalue weighted by atomic mass is 16.6. The molecule has 0 saturated carbocycles. The van der Waals surface area contributed by atoms with Crippen molar-refractivity contribution >= 4 is 24.2 Å². The molecule has 0 aliphatic rings. The van der Waals surface area contributed by atoms with E-state index in [-0.39, 0.29) is 11.0 Å². The lowest BCUT2D eigenvalue weighted by atomic mass is 9.78. The van der Waals surface area contributed by atoms with Crippen LogP contribution in [0.3, 0.4) is 0 Å². The van der Waals surface area contributed by atoms with Crippen molar-refractivity contribution in [1.82, 2.24) is 0 Å². The van der Waals surface area contributed by atoms with Crippen LogP contribution in [-0.2, 0) is 4.74 Å². The molecule has 2 N–H and O–H groups in total. The zero-order valence-electron chi connectivity index (χ0n) is 8.28. The first-order valence-electron chi connectivity index (χ1n) is 4.20. The minimum atomic E-state index is -1.97. The summed E-state index contributed by atoms with van der Waals surface area (Å²) in [5.74, 6) is -0.734. The topological polar surface area (TPSA) is 110 Å². The molecule has 0 aliphatic carbocycles. The first-order chi connectivity index (χ1) is 7.47. The van der Waals surface area contributed by atoms with Crippen molar-refractivity contribution < 1.29 is 24.5 Å². The van der Waals surface area contributed by atoms with E-state index in [9.17, 15) is 14.9 Å². The van der Waals surface area contributed by atoms with Crippen molar-refractivity contribution in [2.75, 3.05) is 7.11 Å². The van der Waals surface area contributed by atoms with Gasteiger partial charge in [0, 0.05) is 6.07 Å². The maximum Gasteiger partial charge on any atom is 0.495 e. The number of carbonyl (C=O) groups excluding carboxylic acids is 1. The minimum absolute atomic E-state index is 0.0291. The number of hydrogen-bond donors (Lipinski definition) is 2. The molecule has 1 rings (SSSR count). The van der Waals surface area contributed by atoms with Gasteiger partial charge in [-0.1, -0.05) is 6.07 Å². The van der Waals surface area contributed by atoms with Crippen LogP contribution in [0.4, 0.5) is 5.69 Å². The van der Waals surface area contributed by atoms with Crippen molar-refractivity contribution in [3.8, 4) is 0 Å². The summed E-state index contributed by atoms with van der Waals surface area (Å²) >= 11 is 0. The molecule has 8 heteroatoms. The van der Waals surface area contributed by atoms with Crippen LogP contribution in [0.2, 0.25) is 0 Å². The van der Waals surface area contributed by atoms with E-state index in [0.717, 1.165) is 19.2 Å². The Morgan fingerprint density at radius 3 is 2.56 bits per heavy atom. The Morgan fingerprint density at radius 1 is 1.50 bits per heavy atom. The monoisotopic (exact) mass is 225 g/mol. The quantitative estimate of drug-likeness (QED) is 0.297. The summed E-state index contributed by atoms with van der Waals surface area (Å²) in [7, 11) is -0.824. The van der Waals surface area contributed by atoms with Gasteiger partial charge in [0.25, 0.3) is 5.69 Å². The van der Waals surface area contributed by atoms with E-state index in [2.05, 4.69) is 4.74 Å². The molecule has 0 atom stereocenters. The molecule has 0 heterocycles. The molecule has 0 aliphatic heterocycles. The lowest BCUT2D eigenvalue weighted by molar-refractivity contribution is -0.383. The third kappa shape index (κ3) is 2.36. The van der Waals surface area contributed by atoms with Crippen molar-refractivity contribution in [2.45, 2.75) is 0 Å². The smallest absolute Gasteiger partial charge is 0.465 e. The predicted octanol–water partition coefficient (Wildman–Crippen LogP) is -0.939. The van der Waals surface area contributed by atoms with Gasteiger partial charge in [0.2, 0.25) is 0 Å². The minimum Gasteiger partial charge on any atom is -0.465 e. The number of carbonyl (C=O) groups is 1. The van der Waals surface area contributed by atoms with Crippen molar-refractivity contribution in [3.05, 3.63) is 33.9 Å². The fraction of sp³-hybridized carbons (Fsp3) is 0.125. The molecule has 7 nitrogen and oxygen atoms in total. The fourth-order valence-electron chi connectivity index (χ4n) is 1.16. The van der Waals surface area contributed by atoms with Gasteiger partial charge in [-0.2, -0.15) is 0 Å². The number of methoxy groups -OCH3 is 1. The van der Waals surface area contributed by atoms with E-state index < -0.39 is 23.7 Å². The lowest BCUT2D eigenvalue weighted by Crippen LogP contribution is -2.32. The van der Waals surface area contributed by atoms with Crippen LogP contribution in [-0.4, -0.2) is 35.2 Å². The molecule has 84 valence electrons. The number of hydrogen-bond acceptors (Lipinski definition) is 6. The third-order valence-corrected chi connectivity index (χ3v) is 1.93. The molecule has 0 radical (unpaired) electrons. The fourth-order valence-corrected chi connectivity index (χ4v) is 1.16. The summed E-state index contributed by atoms with van der Waals surface area (Å²) in [4.78, 5) is 20.9. The number of nitro benzene ring substituents is 1. The van der Waals surface area contributed by atoms with Crippen molar-refractivity contribution in [1.29, 1.82) is 0 Å². The van der Waals surface area contributed by atoms with E-state index in [0.29, 0.717) is 0 Å². The summed E-state index contributed by atoms with van der Waals surface area (Å²) in [5, 5.41) is 28.4. The Hall–Kier alpha value is -1.93. The summed E-state index contributed by atoms with van der Waals surface area (Å²) in [6.07, 6.45) is 0. The van der Waals surface area contributed by atoms with Crippen LogP contribution in [0.5, 0.6) is 0 Å². The molecule has 0 spiro atoms. The zero-order valence-corrected chi connectivity index (χ0v) is 8.28. The van der Waals surface area contributed by atoms with Gasteiger partial charge < -0.3 is 14.8 Å². The summed E-state index contributed by atoms with van der Waals surface area (Å²) < 4.78 is 4.38. The van der Waals surface area contributed by atoms with Crippen LogP contribution >= 0.6 is 0 Å². The van der Waals surface area contributed by atoms with Gasteiger partial charge in [-0.05, 0) is 6.07 Å². The van der Waals surface area contributed by atoms with Crippen LogP contribution < -0.4 is 5.46 Å². The zero-order chi connectivity index (χ0) is 12.3. The molecule has 16 heavy (non-hydrogen) atoms. The summed E-state index contributed by atoms with van der Waals surface area (Å²) in [6, 6.07) is 3.24. The Kier molecular flexibility index (Phi) is 3.59. The molecule has 0 saturated heterocycles. The van der Waals surface area contributed by atoms with E-state index in [1.807, 2.05) is 0 Å². The first-order valence-corrected chi connectivity index (χ1v) is 4.20. The average Bonchev–Trinajstić information content (AvgIpc) is 2.26. The normalized spacial score (nSPS) is 9.69. The van der Waals surface area contributed by atoms with Crippen LogP contribution in [0, 0.1) is 10.1 Å². The van der Waals surface area contributed by atoms with Gasteiger partial charge >= 0.3 is 13.1 Å². The summed E-state index contributed by atoms with van der Waals surface area (Å²) in [5.41, 5.74) is -0.853. The number of nitrogens with zero attached hydrogens (tertiary/aromatic N) is 1. The number of benzene rings is 1. The molecule has 0 aromatic heterocycles. The van der Waals surface area contributed by atoms with Gasteiger partial charge in [-0.3, -0.25) is 10.1 Å². The summed E-state index contributed by atoms with van der Waals surface area (Å²) in [6.45, 7) is 0. The Balaban J connectivity index is 3.28. The third-order valence-electron chi connectivity index (χ3n) is 1.93. The molecule has 0 fully saturated rings. The standard InChI is InChI=1S/C8H8BNO6/c1-16-8(11)5-2-3-6(9(12)13)7(4-5)10(14)15/h2-4,12-13H,1H3. The lowest BCUT2D eigenvalue weighted by Gasteiger charge is -2.03. The highest BCUT2D eigenvalue weighted by molar-refractivity contribution is 6.60. The second-order valence-electron chi connectivity index (χ2n) is 2.90. The maximum absolute atomic E-state index is 11.1.